The average molecular weight is 290 g/mol. The number of ether oxygens (including phenoxy) is 1. The van der Waals surface area contributed by atoms with Crippen molar-refractivity contribution in [2.24, 2.45) is 0 Å². The normalized spacial score (nSPS) is 16.5. The molecule has 0 aromatic heterocycles. The first-order valence-electron chi connectivity index (χ1n) is 7.35. The Labute approximate surface area is 124 Å². The lowest BCUT2D eigenvalue weighted by molar-refractivity contribution is -0.129. The van der Waals surface area contributed by atoms with Gasteiger partial charge < -0.3 is 15.8 Å². The van der Waals surface area contributed by atoms with Gasteiger partial charge in [-0.25, -0.2) is 4.79 Å². The van der Waals surface area contributed by atoms with E-state index in [1.54, 1.807) is 25.1 Å². The van der Waals surface area contributed by atoms with Gasteiger partial charge in [-0.3, -0.25) is 4.79 Å². The minimum atomic E-state index is -0.805. The van der Waals surface area contributed by atoms with Gasteiger partial charge in [0.2, 0.25) is 0 Å². The molecular formula is C16H22N2O3. The average Bonchev–Trinajstić information content (AvgIpc) is 2.94. The number of amides is 1. The van der Waals surface area contributed by atoms with Gasteiger partial charge >= 0.3 is 5.97 Å². The second-order valence-corrected chi connectivity index (χ2v) is 5.61. The van der Waals surface area contributed by atoms with Crippen LogP contribution in [0.5, 0.6) is 0 Å². The number of carbonyl (C=O) groups excluding carboxylic acids is 2. The molecule has 1 aromatic carbocycles. The summed E-state index contributed by atoms with van der Waals surface area (Å²) in [6, 6.07) is 5.19. The van der Waals surface area contributed by atoms with Crippen LogP contribution in [0.2, 0.25) is 0 Å². The number of nitrogen functional groups attached to an aromatic ring is 1. The molecule has 1 amide bonds. The maximum Gasteiger partial charge on any atom is 0.338 e. The van der Waals surface area contributed by atoms with Crippen LogP contribution in [0.3, 0.4) is 0 Å². The zero-order valence-electron chi connectivity index (χ0n) is 12.5. The molecule has 0 spiro atoms. The number of hydrogen-bond donors (Lipinski definition) is 2. The van der Waals surface area contributed by atoms with E-state index in [-0.39, 0.29) is 11.9 Å². The summed E-state index contributed by atoms with van der Waals surface area (Å²) in [5.41, 5.74) is 7.57. The number of carbonyl (C=O) groups is 2. The van der Waals surface area contributed by atoms with Crippen LogP contribution >= 0.6 is 0 Å². The fourth-order valence-electron chi connectivity index (χ4n) is 2.44. The molecule has 1 atom stereocenters. The van der Waals surface area contributed by atoms with Crippen molar-refractivity contribution in [2.75, 3.05) is 5.73 Å². The molecule has 0 aliphatic heterocycles. The number of aryl methyl sites for hydroxylation is 1. The molecule has 2 rings (SSSR count). The van der Waals surface area contributed by atoms with E-state index in [0.29, 0.717) is 11.3 Å². The number of rotatable bonds is 4. The lowest BCUT2D eigenvalue weighted by Gasteiger charge is -2.17. The first-order valence-corrected chi connectivity index (χ1v) is 7.35. The van der Waals surface area contributed by atoms with Crippen molar-refractivity contribution in [1.82, 2.24) is 5.32 Å². The van der Waals surface area contributed by atoms with Crippen LogP contribution < -0.4 is 11.1 Å². The predicted octanol–water partition coefficient (Wildman–Crippen LogP) is 2.18. The standard InChI is InChI=1S/C16H22N2O3/c1-10-7-8-12(9-14(10)17)16(20)21-11(2)15(19)18-13-5-3-4-6-13/h7-9,11,13H,3-6,17H2,1-2H3,(H,18,19). The third-order valence-electron chi connectivity index (χ3n) is 3.87. The van der Waals surface area contributed by atoms with Gasteiger partial charge in [0.1, 0.15) is 0 Å². The second-order valence-electron chi connectivity index (χ2n) is 5.61. The van der Waals surface area contributed by atoms with Gasteiger partial charge in [-0.1, -0.05) is 18.9 Å². The van der Waals surface area contributed by atoms with Gasteiger partial charge in [-0.15, -0.1) is 0 Å². The molecule has 1 aliphatic rings. The lowest BCUT2D eigenvalue weighted by atomic mass is 10.1. The highest BCUT2D eigenvalue weighted by Gasteiger charge is 2.23. The summed E-state index contributed by atoms with van der Waals surface area (Å²) in [6.07, 6.45) is 3.48. The molecule has 0 bridgehead atoms. The van der Waals surface area contributed by atoms with Crippen LogP contribution in [0, 0.1) is 6.92 Å². The molecule has 3 N–H and O–H groups in total. The summed E-state index contributed by atoms with van der Waals surface area (Å²) in [4.78, 5) is 24.0. The SMILES string of the molecule is Cc1ccc(C(=O)OC(C)C(=O)NC2CCCC2)cc1N. The Kier molecular flexibility index (Phi) is 4.83. The molecule has 1 fully saturated rings. The highest BCUT2D eigenvalue weighted by atomic mass is 16.5. The van der Waals surface area contributed by atoms with E-state index < -0.39 is 12.1 Å². The summed E-state index contributed by atoms with van der Waals surface area (Å²) >= 11 is 0. The van der Waals surface area contributed by atoms with Gasteiger partial charge in [-0.2, -0.15) is 0 Å². The van der Waals surface area contributed by atoms with E-state index >= 15 is 0 Å². The van der Waals surface area contributed by atoms with Crippen molar-refractivity contribution < 1.29 is 14.3 Å². The number of hydrogen-bond acceptors (Lipinski definition) is 4. The first kappa shape index (κ1) is 15.4. The van der Waals surface area contributed by atoms with Crippen LogP contribution in [0.15, 0.2) is 18.2 Å². The van der Waals surface area contributed by atoms with E-state index in [1.165, 1.54) is 0 Å². The second kappa shape index (κ2) is 6.61. The Morgan fingerprint density at radius 2 is 2.00 bits per heavy atom. The smallest absolute Gasteiger partial charge is 0.338 e. The molecule has 0 saturated heterocycles. The largest absolute Gasteiger partial charge is 0.449 e. The molecule has 1 aromatic rings. The van der Waals surface area contributed by atoms with Gasteiger partial charge in [0.15, 0.2) is 6.10 Å². The van der Waals surface area contributed by atoms with Crippen LogP contribution in [-0.4, -0.2) is 24.0 Å². The summed E-state index contributed by atoms with van der Waals surface area (Å²) < 4.78 is 5.20. The topological polar surface area (TPSA) is 81.4 Å². The van der Waals surface area contributed by atoms with Crippen LogP contribution in [-0.2, 0) is 9.53 Å². The highest BCUT2D eigenvalue weighted by molar-refractivity contribution is 5.93. The Bertz CT molecular complexity index is 536. The molecule has 21 heavy (non-hydrogen) atoms. The fourth-order valence-corrected chi connectivity index (χ4v) is 2.44. The Balaban J connectivity index is 1.91. The minimum absolute atomic E-state index is 0.216. The van der Waals surface area contributed by atoms with Crippen molar-refractivity contribution in [3.63, 3.8) is 0 Å². The third kappa shape index (κ3) is 3.97. The number of esters is 1. The lowest BCUT2D eigenvalue weighted by Crippen LogP contribution is -2.40. The summed E-state index contributed by atoms with van der Waals surface area (Å²) in [7, 11) is 0. The summed E-state index contributed by atoms with van der Waals surface area (Å²) in [5.74, 6) is -0.772. The molecule has 1 aliphatic carbocycles. The maximum atomic E-state index is 12.0. The Morgan fingerprint density at radius 3 is 2.62 bits per heavy atom. The minimum Gasteiger partial charge on any atom is -0.449 e. The molecule has 5 nitrogen and oxygen atoms in total. The van der Waals surface area contributed by atoms with Gasteiger partial charge in [0, 0.05) is 11.7 Å². The molecule has 114 valence electrons. The van der Waals surface area contributed by atoms with E-state index in [2.05, 4.69) is 5.32 Å². The first-order chi connectivity index (χ1) is 9.97. The molecular weight excluding hydrogens is 268 g/mol. The molecule has 1 unspecified atom stereocenters. The van der Waals surface area contributed by atoms with Crippen molar-refractivity contribution in [2.45, 2.75) is 51.7 Å². The maximum absolute atomic E-state index is 12.0. The van der Waals surface area contributed by atoms with Crippen molar-refractivity contribution in [3.05, 3.63) is 29.3 Å². The zero-order valence-corrected chi connectivity index (χ0v) is 12.5. The van der Waals surface area contributed by atoms with Crippen molar-refractivity contribution in [3.8, 4) is 0 Å². The van der Waals surface area contributed by atoms with Crippen molar-refractivity contribution >= 4 is 17.6 Å². The van der Waals surface area contributed by atoms with E-state index in [4.69, 9.17) is 10.5 Å². The Hall–Kier alpha value is -2.04. The van der Waals surface area contributed by atoms with Gasteiger partial charge in [-0.05, 0) is 44.4 Å². The van der Waals surface area contributed by atoms with Gasteiger partial charge in [0.25, 0.3) is 5.91 Å². The molecule has 1 saturated carbocycles. The van der Waals surface area contributed by atoms with E-state index in [1.807, 2.05) is 6.92 Å². The Morgan fingerprint density at radius 1 is 1.33 bits per heavy atom. The van der Waals surface area contributed by atoms with Crippen molar-refractivity contribution in [1.29, 1.82) is 0 Å². The van der Waals surface area contributed by atoms with Gasteiger partial charge in [0.05, 0.1) is 5.56 Å². The van der Waals surface area contributed by atoms with E-state index in [0.717, 1.165) is 31.2 Å². The number of nitrogens with one attached hydrogen (secondary N) is 1. The third-order valence-corrected chi connectivity index (χ3v) is 3.87. The fraction of sp³-hybridized carbons (Fsp3) is 0.500. The molecule has 0 heterocycles. The van der Waals surface area contributed by atoms with E-state index in [9.17, 15) is 9.59 Å². The zero-order chi connectivity index (χ0) is 15.4. The van der Waals surface area contributed by atoms with Crippen LogP contribution in [0.25, 0.3) is 0 Å². The number of nitrogens with two attached hydrogens (primary N) is 1. The number of benzene rings is 1. The molecule has 5 heteroatoms. The van der Waals surface area contributed by atoms with Crippen LogP contribution in [0.1, 0.15) is 48.5 Å². The predicted molar refractivity (Wildman–Crippen MR) is 80.9 cm³/mol. The number of anilines is 1. The monoisotopic (exact) mass is 290 g/mol. The highest BCUT2D eigenvalue weighted by Crippen LogP contribution is 2.18. The summed E-state index contributed by atoms with van der Waals surface area (Å²) in [6.45, 7) is 3.45. The molecule has 0 radical (unpaired) electrons. The van der Waals surface area contributed by atoms with Crippen LogP contribution in [0.4, 0.5) is 5.69 Å². The summed E-state index contributed by atoms with van der Waals surface area (Å²) in [5, 5.41) is 2.92. The quantitative estimate of drug-likeness (QED) is 0.658.